The lowest BCUT2D eigenvalue weighted by Crippen LogP contribution is -2.15. The summed E-state index contributed by atoms with van der Waals surface area (Å²) >= 11 is 1.51. The number of ether oxygens (including phenoxy) is 1. The maximum atomic E-state index is 12.4. The standard InChI is InChI=1S/C19H18N2O5S2/c1-10-6-7-11(28(2,24)25)8-13(10)19(23)26-9-15-20-17(22)16-12-4-3-5-14(12)27-18(16)21-15/h6-8H,3-5,9H2,1-2H3,(H,20,21,22). The number of sulfone groups is 1. The largest absolute Gasteiger partial charge is 0.454 e. The molecule has 3 aromatic rings. The summed E-state index contributed by atoms with van der Waals surface area (Å²) in [6, 6.07) is 4.31. The van der Waals surface area contributed by atoms with E-state index in [-0.39, 0.29) is 28.4 Å². The molecular weight excluding hydrogens is 400 g/mol. The summed E-state index contributed by atoms with van der Waals surface area (Å²) in [4.78, 5) is 33.9. The number of carbonyl (C=O) groups excluding carboxylic acids is 1. The van der Waals surface area contributed by atoms with Crippen LogP contribution in [0, 0.1) is 6.92 Å². The first-order chi connectivity index (χ1) is 13.2. The molecule has 0 unspecified atom stereocenters. The molecule has 28 heavy (non-hydrogen) atoms. The maximum Gasteiger partial charge on any atom is 0.338 e. The van der Waals surface area contributed by atoms with Crippen molar-refractivity contribution in [3.63, 3.8) is 0 Å². The molecule has 0 atom stereocenters. The van der Waals surface area contributed by atoms with Crippen LogP contribution in [0.3, 0.4) is 0 Å². The van der Waals surface area contributed by atoms with Crippen molar-refractivity contribution in [3.8, 4) is 0 Å². The molecular formula is C19H18N2O5S2. The van der Waals surface area contributed by atoms with E-state index >= 15 is 0 Å². The number of hydrogen-bond acceptors (Lipinski definition) is 7. The van der Waals surface area contributed by atoms with E-state index in [4.69, 9.17) is 4.74 Å². The minimum absolute atomic E-state index is 0.0473. The van der Waals surface area contributed by atoms with Gasteiger partial charge >= 0.3 is 5.97 Å². The van der Waals surface area contributed by atoms with Gasteiger partial charge in [-0.3, -0.25) is 4.79 Å². The Morgan fingerprint density at radius 1 is 1.32 bits per heavy atom. The van der Waals surface area contributed by atoms with Crippen molar-refractivity contribution in [1.82, 2.24) is 9.97 Å². The smallest absolute Gasteiger partial charge is 0.338 e. The predicted octanol–water partition coefficient (Wildman–Crippen LogP) is 2.54. The van der Waals surface area contributed by atoms with Crippen molar-refractivity contribution >= 4 is 37.4 Å². The Balaban J connectivity index is 1.58. The van der Waals surface area contributed by atoms with E-state index in [1.807, 2.05) is 0 Å². The highest BCUT2D eigenvalue weighted by molar-refractivity contribution is 7.90. The number of hydrogen-bond donors (Lipinski definition) is 1. The van der Waals surface area contributed by atoms with Crippen LogP contribution < -0.4 is 5.56 Å². The number of nitrogens with zero attached hydrogens (tertiary/aromatic N) is 1. The van der Waals surface area contributed by atoms with E-state index in [2.05, 4.69) is 9.97 Å². The molecule has 0 bridgehead atoms. The Labute approximate surface area is 165 Å². The van der Waals surface area contributed by atoms with Gasteiger partial charge in [0.2, 0.25) is 0 Å². The molecule has 0 fully saturated rings. The molecule has 0 aliphatic heterocycles. The molecule has 1 aliphatic rings. The number of thiophene rings is 1. The van der Waals surface area contributed by atoms with Crippen LogP contribution in [0.5, 0.6) is 0 Å². The molecule has 4 rings (SSSR count). The number of nitrogens with one attached hydrogen (secondary N) is 1. The predicted molar refractivity (Wildman–Crippen MR) is 106 cm³/mol. The van der Waals surface area contributed by atoms with Gasteiger partial charge in [-0.25, -0.2) is 18.2 Å². The number of esters is 1. The monoisotopic (exact) mass is 418 g/mol. The van der Waals surface area contributed by atoms with Gasteiger partial charge < -0.3 is 9.72 Å². The fourth-order valence-corrected chi connectivity index (χ4v) is 5.31. The highest BCUT2D eigenvalue weighted by atomic mass is 32.2. The molecule has 9 heteroatoms. The van der Waals surface area contributed by atoms with E-state index in [9.17, 15) is 18.0 Å². The van der Waals surface area contributed by atoms with Gasteiger partial charge in [0, 0.05) is 11.1 Å². The second kappa shape index (κ2) is 6.82. The molecule has 1 N–H and O–H groups in total. The van der Waals surface area contributed by atoms with Crippen molar-refractivity contribution < 1.29 is 17.9 Å². The fourth-order valence-electron chi connectivity index (χ4n) is 3.38. The van der Waals surface area contributed by atoms with E-state index in [1.54, 1.807) is 13.0 Å². The Morgan fingerprint density at radius 2 is 2.11 bits per heavy atom. The van der Waals surface area contributed by atoms with Crippen LogP contribution >= 0.6 is 11.3 Å². The van der Waals surface area contributed by atoms with Crippen LogP contribution in [0.15, 0.2) is 27.9 Å². The molecule has 1 aromatic carbocycles. The SMILES string of the molecule is Cc1ccc(S(C)(=O)=O)cc1C(=O)OCc1nc2sc3c(c2c(=O)[nH]1)CCC3. The topological polar surface area (TPSA) is 106 Å². The third-order valence-corrected chi connectivity index (χ3v) is 7.12. The summed E-state index contributed by atoms with van der Waals surface area (Å²) < 4.78 is 28.7. The molecule has 2 aromatic heterocycles. The Bertz CT molecular complexity index is 1270. The van der Waals surface area contributed by atoms with Gasteiger partial charge in [0.05, 0.1) is 15.8 Å². The zero-order valence-electron chi connectivity index (χ0n) is 15.4. The van der Waals surface area contributed by atoms with Crippen LogP contribution in [0.2, 0.25) is 0 Å². The third kappa shape index (κ3) is 3.35. The van der Waals surface area contributed by atoms with Crippen LogP contribution in [-0.2, 0) is 34.0 Å². The van der Waals surface area contributed by atoms with Crippen molar-refractivity contribution in [3.05, 3.63) is 55.9 Å². The summed E-state index contributed by atoms with van der Waals surface area (Å²) in [5, 5.41) is 0.643. The average Bonchev–Trinajstić information content (AvgIpc) is 3.19. The van der Waals surface area contributed by atoms with Gasteiger partial charge in [-0.1, -0.05) is 6.07 Å². The lowest BCUT2D eigenvalue weighted by molar-refractivity contribution is 0.0461. The number of aromatic amines is 1. The first kappa shape index (κ1) is 18.8. The Kier molecular flexibility index (Phi) is 4.59. The normalized spacial score (nSPS) is 13.6. The molecule has 7 nitrogen and oxygen atoms in total. The number of rotatable bonds is 4. The molecule has 2 heterocycles. The van der Waals surface area contributed by atoms with Gasteiger partial charge in [0.15, 0.2) is 9.84 Å². The highest BCUT2D eigenvalue weighted by Crippen LogP contribution is 2.34. The molecule has 0 spiro atoms. The van der Waals surface area contributed by atoms with E-state index < -0.39 is 15.8 Å². The summed E-state index contributed by atoms with van der Waals surface area (Å²) in [6.45, 7) is 1.50. The van der Waals surface area contributed by atoms with E-state index in [0.29, 0.717) is 15.8 Å². The van der Waals surface area contributed by atoms with Crippen LogP contribution in [0.4, 0.5) is 0 Å². The summed E-state index contributed by atoms with van der Waals surface area (Å²) in [6.07, 6.45) is 4.00. The van der Waals surface area contributed by atoms with Gasteiger partial charge in [0.25, 0.3) is 5.56 Å². The lowest BCUT2D eigenvalue weighted by Gasteiger charge is -2.08. The van der Waals surface area contributed by atoms with Crippen molar-refractivity contribution in [2.45, 2.75) is 37.7 Å². The number of aryl methyl sites for hydroxylation is 3. The second-order valence-electron chi connectivity index (χ2n) is 6.88. The second-order valence-corrected chi connectivity index (χ2v) is 9.97. The van der Waals surface area contributed by atoms with Crippen LogP contribution in [0.25, 0.3) is 10.2 Å². The average molecular weight is 418 g/mol. The maximum absolute atomic E-state index is 12.4. The van der Waals surface area contributed by atoms with Crippen molar-refractivity contribution in [2.75, 3.05) is 6.26 Å². The van der Waals surface area contributed by atoms with Crippen LogP contribution in [0.1, 0.15) is 38.6 Å². The molecule has 0 saturated heterocycles. The first-order valence-electron chi connectivity index (χ1n) is 8.75. The van der Waals surface area contributed by atoms with Gasteiger partial charge in [-0.05, 0) is 49.4 Å². The number of fused-ring (bicyclic) bond motifs is 3. The zero-order valence-corrected chi connectivity index (χ0v) is 17.0. The lowest BCUT2D eigenvalue weighted by atomic mass is 10.1. The summed E-state index contributed by atoms with van der Waals surface area (Å²) in [5.41, 5.74) is 1.64. The summed E-state index contributed by atoms with van der Waals surface area (Å²) in [7, 11) is -3.44. The van der Waals surface area contributed by atoms with Gasteiger partial charge in [0.1, 0.15) is 17.3 Å². The first-order valence-corrected chi connectivity index (χ1v) is 11.5. The highest BCUT2D eigenvalue weighted by Gasteiger charge is 2.21. The number of aromatic nitrogens is 2. The number of H-pyrrole nitrogens is 1. The molecule has 0 amide bonds. The number of benzene rings is 1. The summed E-state index contributed by atoms with van der Waals surface area (Å²) in [5.74, 6) is -0.401. The molecule has 0 radical (unpaired) electrons. The fraction of sp³-hybridized carbons (Fsp3) is 0.316. The third-order valence-electron chi connectivity index (χ3n) is 4.82. The molecule has 0 saturated carbocycles. The van der Waals surface area contributed by atoms with Crippen molar-refractivity contribution in [2.24, 2.45) is 0 Å². The van der Waals surface area contributed by atoms with Crippen molar-refractivity contribution in [1.29, 1.82) is 0 Å². The van der Waals surface area contributed by atoms with Gasteiger partial charge in [-0.2, -0.15) is 0 Å². The van der Waals surface area contributed by atoms with Crippen LogP contribution in [-0.4, -0.2) is 30.6 Å². The molecule has 146 valence electrons. The minimum Gasteiger partial charge on any atom is -0.454 e. The van der Waals surface area contributed by atoms with Gasteiger partial charge in [-0.15, -0.1) is 11.3 Å². The quantitative estimate of drug-likeness (QED) is 0.653. The molecule has 1 aliphatic carbocycles. The minimum atomic E-state index is -3.44. The zero-order chi connectivity index (χ0) is 20.1. The Morgan fingerprint density at radius 3 is 2.86 bits per heavy atom. The van der Waals surface area contributed by atoms with E-state index in [1.165, 1.54) is 28.3 Å². The Hall–Kier alpha value is -2.52. The van der Waals surface area contributed by atoms with E-state index in [0.717, 1.165) is 31.1 Å². The number of carbonyl (C=O) groups is 1.